The Kier molecular flexibility index (Phi) is 6.60. The monoisotopic (exact) mass is 406 g/mol. The van der Waals surface area contributed by atoms with Gasteiger partial charge in [0, 0.05) is 5.56 Å². The van der Waals surface area contributed by atoms with Gasteiger partial charge in [0.05, 0.1) is 0 Å². The van der Waals surface area contributed by atoms with Gasteiger partial charge in [-0.3, -0.25) is 4.55 Å². The van der Waals surface area contributed by atoms with E-state index in [9.17, 15) is 0 Å². The Balaban J connectivity index is 0.000000347. The SMILES string of the molecule is Cc1cccc([I+]c2ccccc2)c1C.O=S(=O)([O-])O. The molecule has 0 radical (unpaired) electrons. The summed E-state index contributed by atoms with van der Waals surface area (Å²) < 4.78 is 35.9. The molecular formula is C14H15IO4S. The van der Waals surface area contributed by atoms with Gasteiger partial charge in [0.2, 0.25) is 10.4 Å². The molecule has 2 aromatic carbocycles. The molecule has 1 N–H and O–H groups in total. The molecule has 0 aromatic heterocycles. The fraction of sp³-hybridized carbons (Fsp3) is 0.143. The first kappa shape index (κ1) is 17.1. The molecule has 0 aliphatic carbocycles. The molecule has 2 aromatic rings. The Hall–Kier alpha value is -0.960. The van der Waals surface area contributed by atoms with Crippen LogP contribution in [0.25, 0.3) is 0 Å². The number of rotatable bonds is 2. The Morgan fingerprint density at radius 1 is 1.00 bits per heavy atom. The van der Waals surface area contributed by atoms with Crippen molar-refractivity contribution >= 4 is 10.4 Å². The number of aryl methyl sites for hydroxylation is 1. The van der Waals surface area contributed by atoms with Crippen LogP contribution in [0.2, 0.25) is 0 Å². The van der Waals surface area contributed by atoms with E-state index in [1.807, 2.05) is 0 Å². The zero-order valence-electron chi connectivity index (χ0n) is 11.1. The summed E-state index contributed by atoms with van der Waals surface area (Å²) in [6.07, 6.45) is 0. The lowest BCUT2D eigenvalue weighted by molar-refractivity contribution is -0.598. The largest absolute Gasteiger partial charge is 0.726 e. The van der Waals surface area contributed by atoms with E-state index in [-0.39, 0.29) is 21.2 Å². The molecule has 0 amide bonds. The molecule has 20 heavy (non-hydrogen) atoms. The van der Waals surface area contributed by atoms with Gasteiger partial charge in [0.1, 0.15) is 0 Å². The molecule has 2 rings (SSSR count). The van der Waals surface area contributed by atoms with Crippen molar-refractivity contribution in [2.75, 3.05) is 0 Å². The van der Waals surface area contributed by atoms with Crippen molar-refractivity contribution in [2.24, 2.45) is 0 Å². The number of hydrogen-bond acceptors (Lipinski definition) is 3. The third kappa shape index (κ3) is 6.99. The van der Waals surface area contributed by atoms with Crippen LogP contribution >= 0.6 is 0 Å². The summed E-state index contributed by atoms with van der Waals surface area (Å²) in [4.78, 5) is 0. The van der Waals surface area contributed by atoms with Gasteiger partial charge < -0.3 is 4.55 Å². The third-order valence-electron chi connectivity index (χ3n) is 2.48. The van der Waals surface area contributed by atoms with Gasteiger partial charge in [0.15, 0.2) is 7.14 Å². The summed E-state index contributed by atoms with van der Waals surface area (Å²) in [6, 6.07) is 17.4. The number of hydrogen-bond donors (Lipinski definition) is 1. The van der Waals surface area contributed by atoms with Crippen molar-refractivity contribution in [3.63, 3.8) is 0 Å². The summed E-state index contributed by atoms with van der Waals surface area (Å²) >= 11 is -0.00979. The molecule has 0 aliphatic heterocycles. The van der Waals surface area contributed by atoms with Gasteiger partial charge in [-0.1, -0.05) is 30.3 Å². The number of halogens is 1. The molecule has 0 saturated carbocycles. The molecule has 0 atom stereocenters. The van der Waals surface area contributed by atoms with Crippen LogP contribution in [0.5, 0.6) is 0 Å². The molecular weight excluding hydrogens is 391 g/mol. The van der Waals surface area contributed by atoms with Crippen LogP contribution in [-0.4, -0.2) is 17.5 Å². The van der Waals surface area contributed by atoms with Crippen molar-refractivity contribution in [3.05, 3.63) is 66.8 Å². The van der Waals surface area contributed by atoms with Crippen molar-refractivity contribution in [3.8, 4) is 0 Å². The normalized spacial score (nSPS) is 10.6. The minimum absolute atomic E-state index is 0.00979. The Morgan fingerprint density at radius 2 is 1.55 bits per heavy atom. The topological polar surface area (TPSA) is 77.4 Å². The summed E-state index contributed by atoms with van der Waals surface area (Å²) in [6.45, 7) is 4.42. The molecule has 0 heterocycles. The molecule has 0 fully saturated rings. The van der Waals surface area contributed by atoms with E-state index in [2.05, 4.69) is 62.4 Å². The fourth-order valence-corrected chi connectivity index (χ4v) is 4.08. The molecule has 0 saturated heterocycles. The third-order valence-corrected chi connectivity index (χ3v) is 5.57. The second-order valence-electron chi connectivity index (χ2n) is 4.00. The molecule has 0 aliphatic rings. The predicted molar refractivity (Wildman–Crippen MR) is 72.1 cm³/mol. The van der Waals surface area contributed by atoms with E-state index in [4.69, 9.17) is 17.5 Å². The van der Waals surface area contributed by atoms with Gasteiger partial charge in [-0.05, 0) is 37.6 Å². The summed E-state index contributed by atoms with van der Waals surface area (Å²) in [5, 5.41) is 0. The maximum Gasteiger partial charge on any atom is 0.358 e. The Morgan fingerprint density at radius 3 is 2.10 bits per heavy atom. The first-order valence-electron chi connectivity index (χ1n) is 5.72. The van der Waals surface area contributed by atoms with Crippen LogP contribution in [0, 0.1) is 21.0 Å². The van der Waals surface area contributed by atoms with Gasteiger partial charge in [-0.2, -0.15) is 0 Å². The lowest BCUT2D eigenvalue weighted by Crippen LogP contribution is -3.61. The summed E-state index contributed by atoms with van der Waals surface area (Å²) in [5.41, 5.74) is 2.87. The van der Waals surface area contributed by atoms with E-state index in [0.717, 1.165) is 0 Å². The minimum Gasteiger partial charge on any atom is -0.726 e. The average Bonchev–Trinajstić information content (AvgIpc) is 2.34. The standard InChI is InChI=1S/C14H14I.H2O4S/c1-11-7-6-10-14(12(11)2)15-13-8-4-3-5-9-13;1-5(2,3)4/h3-10H,1-2H3;(H2,1,2,3,4)/q+1;/p-1. The van der Waals surface area contributed by atoms with Gasteiger partial charge >= 0.3 is 21.2 Å². The highest BCUT2D eigenvalue weighted by Crippen LogP contribution is 2.03. The van der Waals surface area contributed by atoms with Crippen molar-refractivity contribution < 1.29 is 38.7 Å². The number of benzene rings is 2. The second kappa shape index (κ2) is 7.72. The molecule has 6 heteroatoms. The van der Waals surface area contributed by atoms with Crippen molar-refractivity contribution in [2.45, 2.75) is 13.8 Å². The first-order valence-corrected chi connectivity index (χ1v) is 9.24. The van der Waals surface area contributed by atoms with Crippen LogP contribution in [0.3, 0.4) is 0 Å². The fourth-order valence-electron chi connectivity index (χ4n) is 1.41. The highest BCUT2D eigenvalue weighted by molar-refractivity contribution is 7.79. The lowest BCUT2D eigenvalue weighted by atomic mass is 10.1. The summed E-state index contributed by atoms with van der Waals surface area (Å²) in [5.74, 6) is 0. The summed E-state index contributed by atoms with van der Waals surface area (Å²) in [7, 11) is -4.92. The quantitative estimate of drug-likeness (QED) is 0.412. The highest BCUT2D eigenvalue weighted by Gasteiger charge is 2.17. The first-order chi connectivity index (χ1) is 9.27. The van der Waals surface area contributed by atoms with E-state index in [0.29, 0.717) is 0 Å². The van der Waals surface area contributed by atoms with E-state index < -0.39 is 10.4 Å². The molecule has 0 spiro atoms. The van der Waals surface area contributed by atoms with E-state index >= 15 is 0 Å². The average molecular weight is 406 g/mol. The Bertz CT molecular complexity index is 646. The zero-order valence-corrected chi connectivity index (χ0v) is 14.1. The molecule has 0 unspecified atom stereocenters. The van der Waals surface area contributed by atoms with Crippen molar-refractivity contribution in [1.29, 1.82) is 0 Å². The Labute approximate surface area is 129 Å². The maximum atomic E-state index is 8.63. The molecule has 0 bridgehead atoms. The van der Waals surface area contributed by atoms with Crippen LogP contribution in [-0.2, 0) is 10.4 Å². The smallest absolute Gasteiger partial charge is 0.358 e. The van der Waals surface area contributed by atoms with E-state index in [1.165, 1.54) is 14.7 Å². The predicted octanol–water partition coefficient (Wildman–Crippen LogP) is -0.564. The van der Waals surface area contributed by atoms with Crippen LogP contribution < -0.4 is 21.2 Å². The molecule has 4 nitrogen and oxygen atoms in total. The van der Waals surface area contributed by atoms with Gasteiger partial charge in [0.25, 0.3) is 0 Å². The highest BCUT2D eigenvalue weighted by atomic mass is 127. The van der Waals surface area contributed by atoms with Crippen LogP contribution in [0.1, 0.15) is 11.1 Å². The minimum atomic E-state index is -4.92. The molecule has 108 valence electrons. The lowest BCUT2D eigenvalue weighted by Gasteiger charge is -1.97. The van der Waals surface area contributed by atoms with E-state index in [1.54, 1.807) is 3.57 Å². The maximum absolute atomic E-state index is 8.63. The second-order valence-corrected chi connectivity index (χ2v) is 7.80. The van der Waals surface area contributed by atoms with Crippen LogP contribution in [0.15, 0.2) is 48.5 Å². The van der Waals surface area contributed by atoms with Crippen molar-refractivity contribution in [1.82, 2.24) is 0 Å². The van der Waals surface area contributed by atoms with Gasteiger partial charge in [-0.25, -0.2) is 8.42 Å². The van der Waals surface area contributed by atoms with Gasteiger partial charge in [-0.15, -0.1) is 0 Å². The zero-order chi connectivity index (χ0) is 15.2. The van der Waals surface area contributed by atoms with Crippen LogP contribution in [0.4, 0.5) is 0 Å².